The van der Waals surface area contributed by atoms with E-state index in [4.69, 9.17) is 9.47 Å². The van der Waals surface area contributed by atoms with E-state index in [9.17, 15) is 9.90 Å². The Balaban J connectivity index is 2.28. The first-order valence-corrected chi connectivity index (χ1v) is 6.87. The summed E-state index contributed by atoms with van der Waals surface area (Å²) in [5.74, 6) is -0.239. The minimum absolute atomic E-state index is 0.0834. The Bertz CT molecular complexity index is 395. The van der Waals surface area contributed by atoms with Crippen LogP contribution >= 0.6 is 0 Å². The molecule has 1 atom stereocenters. The molecule has 1 N–H and O–H groups in total. The highest BCUT2D eigenvalue weighted by atomic mass is 16.5. The first-order chi connectivity index (χ1) is 9.43. The molecule has 0 heterocycles. The maximum atomic E-state index is 11.6. The number of hydrogen-bond acceptors (Lipinski definition) is 4. The van der Waals surface area contributed by atoms with Gasteiger partial charge in [-0.15, -0.1) is 0 Å². The Kier molecular flexibility index (Phi) is 6.68. The summed E-state index contributed by atoms with van der Waals surface area (Å²) in [7, 11) is 0. The second-order valence-electron chi connectivity index (χ2n) is 5.78. The van der Waals surface area contributed by atoms with Crippen molar-refractivity contribution >= 4 is 5.97 Å². The van der Waals surface area contributed by atoms with Gasteiger partial charge in [0.05, 0.1) is 31.3 Å². The third kappa shape index (κ3) is 6.17. The molecule has 0 saturated carbocycles. The molecule has 20 heavy (non-hydrogen) atoms. The van der Waals surface area contributed by atoms with E-state index in [1.54, 1.807) is 0 Å². The summed E-state index contributed by atoms with van der Waals surface area (Å²) in [6, 6.07) is 9.76. The van der Waals surface area contributed by atoms with Gasteiger partial charge in [0.15, 0.2) is 0 Å². The Morgan fingerprint density at radius 2 is 1.90 bits per heavy atom. The third-order valence-electron chi connectivity index (χ3n) is 2.82. The molecule has 112 valence electrons. The molecule has 0 radical (unpaired) electrons. The van der Waals surface area contributed by atoms with Crippen molar-refractivity contribution in [3.8, 4) is 0 Å². The SMILES string of the molecule is CC(C)(C)C(=O)OCC[C@H](CO)OCc1ccccc1. The van der Waals surface area contributed by atoms with Crippen molar-refractivity contribution in [3.63, 3.8) is 0 Å². The molecular formula is C16H24O4. The summed E-state index contributed by atoms with van der Waals surface area (Å²) in [5.41, 5.74) is 0.553. The van der Waals surface area contributed by atoms with E-state index in [2.05, 4.69) is 0 Å². The first kappa shape index (κ1) is 16.7. The summed E-state index contributed by atoms with van der Waals surface area (Å²) < 4.78 is 10.8. The zero-order valence-corrected chi connectivity index (χ0v) is 12.5. The van der Waals surface area contributed by atoms with Crippen LogP contribution in [0.1, 0.15) is 32.8 Å². The molecule has 1 rings (SSSR count). The van der Waals surface area contributed by atoms with E-state index in [1.807, 2.05) is 51.1 Å². The van der Waals surface area contributed by atoms with Crippen LogP contribution in [0.15, 0.2) is 30.3 Å². The largest absolute Gasteiger partial charge is 0.465 e. The van der Waals surface area contributed by atoms with Crippen LogP contribution in [0.4, 0.5) is 0 Å². The molecule has 0 amide bonds. The van der Waals surface area contributed by atoms with Crippen molar-refractivity contribution in [3.05, 3.63) is 35.9 Å². The van der Waals surface area contributed by atoms with Gasteiger partial charge in [0, 0.05) is 6.42 Å². The smallest absolute Gasteiger partial charge is 0.311 e. The van der Waals surface area contributed by atoms with Crippen molar-refractivity contribution in [2.75, 3.05) is 13.2 Å². The van der Waals surface area contributed by atoms with Gasteiger partial charge < -0.3 is 14.6 Å². The summed E-state index contributed by atoms with van der Waals surface area (Å²) in [5, 5.41) is 9.26. The zero-order chi connectivity index (χ0) is 15.0. The monoisotopic (exact) mass is 280 g/mol. The maximum absolute atomic E-state index is 11.6. The summed E-state index contributed by atoms with van der Waals surface area (Å²) in [6.07, 6.45) is 0.175. The quantitative estimate of drug-likeness (QED) is 0.780. The number of ether oxygens (including phenoxy) is 2. The van der Waals surface area contributed by atoms with Gasteiger partial charge in [-0.25, -0.2) is 0 Å². The summed E-state index contributed by atoms with van der Waals surface area (Å²) in [4.78, 5) is 11.6. The van der Waals surface area contributed by atoms with E-state index in [1.165, 1.54) is 0 Å². The Labute approximate surface area is 120 Å². The van der Waals surface area contributed by atoms with Crippen molar-refractivity contribution in [2.24, 2.45) is 5.41 Å². The average Bonchev–Trinajstić information content (AvgIpc) is 2.42. The lowest BCUT2D eigenvalue weighted by molar-refractivity contribution is -0.154. The van der Waals surface area contributed by atoms with Crippen LogP contribution < -0.4 is 0 Å². The van der Waals surface area contributed by atoms with Crippen LogP contribution in [0.3, 0.4) is 0 Å². The molecular weight excluding hydrogens is 256 g/mol. The molecule has 4 nitrogen and oxygen atoms in total. The molecule has 0 aliphatic rings. The van der Waals surface area contributed by atoms with Gasteiger partial charge in [-0.05, 0) is 26.3 Å². The average molecular weight is 280 g/mol. The maximum Gasteiger partial charge on any atom is 0.311 e. The van der Waals surface area contributed by atoms with Gasteiger partial charge in [0.2, 0.25) is 0 Å². The second kappa shape index (κ2) is 8.02. The van der Waals surface area contributed by atoms with Gasteiger partial charge in [-0.1, -0.05) is 30.3 Å². The van der Waals surface area contributed by atoms with Gasteiger partial charge >= 0.3 is 5.97 Å². The number of aliphatic hydroxyl groups excluding tert-OH is 1. The Morgan fingerprint density at radius 3 is 2.45 bits per heavy atom. The van der Waals surface area contributed by atoms with Crippen LogP contribution in [0, 0.1) is 5.41 Å². The topological polar surface area (TPSA) is 55.8 Å². The number of carbonyl (C=O) groups excluding carboxylic acids is 1. The van der Waals surface area contributed by atoms with Crippen LogP contribution in [0.25, 0.3) is 0 Å². The van der Waals surface area contributed by atoms with Crippen LogP contribution in [0.2, 0.25) is 0 Å². The standard InChI is InChI=1S/C16H24O4/c1-16(2,3)15(18)19-10-9-14(11-17)20-12-13-7-5-4-6-8-13/h4-8,14,17H,9-12H2,1-3H3/t14-/m1/s1. The lowest BCUT2D eigenvalue weighted by Crippen LogP contribution is -2.26. The van der Waals surface area contributed by atoms with E-state index in [0.717, 1.165) is 5.56 Å². The molecule has 1 aromatic carbocycles. The van der Waals surface area contributed by atoms with Gasteiger partial charge in [-0.2, -0.15) is 0 Å². The number of hydrogen-bond donors (Lipinski definition) is 1. The fourth-order valence-corrected chi connectivity index (χ4v) is 1.52. The number of benzene rings is 1. The number of esters is 1. The van der Waals surface area contributed by atoms with Crippen molar-refractivity contribution in [2.45, 2.75) is 39.9 Å². The molecule has 0 aliphatic carbocycles. The minimum atomic E-state index is -0.500. The molecule has 4 heteroatoms. The minimum Gasteiger partial charge on any atom is -0.465 e. The van der Waals surface area contributed by atoms with Crippen molar-refractivity contribution < 1.29 is 19.4 Å². The fourth-order valence-electron chi connectivity index (χ4n) is 1.52. The van der Waals surface area contributed by atoms with Crippen molar-refractivity contribution in [1.82, 2.24) is 0 Å². The highest BCUT2D eigenvalue weighted by molar-refractivity contribution is 5.75. The van der Waals surface area contributed by atoms with Gasteiger partial charge in [0.1, 0.15) is 0 Å². The van der Waals surface area contributed by atoms with E-state index >= 15 is 0 Å². The zero-order valence-electron chi connectivity index (χ0n) is 12.5. The molecule has 0 fully saturated rings. The van der Waals surface area contributed by atoms with E-state index in [0.29, 0.717) is 13.0 Å². The van der Waals surface area contributed by atoms with Crippen LogP contribution in [-0.2, 0) is 20.9 Å². The van der Waals surface area contributed by atoms with Gasteiger partial charge in [-0.3, -0.25) is 4.79 Å². The van der Waals surface area contributed by atoms with Crippen molar-refractivity contribution in [1.29, 1.82) is 0 Å². The summed E-state index contributed by atoms with van der Waals surface area (Å²) >= 11 is 0. The fraction of sp³-hybridized carbons (Fsp3) is 0.562. The predicted molar refractivity (Wildman–Crippen MR) is 77.1 cm³/mol. The van der Waals surface area contributed by atoms with Crippen LogP contribution in [-0.4, -0.2) is 30.4 Å². The molecule has 0 saturated heterocycles. The lowest BCUT2D eigenvalue weighted by atomic mass is 9.97. The molecule has 0 aromatic heterocycles. The number of rotatable bonds is 7. The van der Waals surface area contributed by atoms with E-state index < -0.39 is 5.41 Å². The molecule has 0 bridgehead atoms. The predicted octanol–water partition coefficient (Wildman–Crippen LogP) is 2.54. The first-order valence-electron chi connectivity index (χ1n) is 6.87. The lowest BCUT2D eigenvalue weighted by Gasteiger charge is -2.19. The third-order valence-corrected chi connectivity index (χ3v) is 2.82. The molecule has 0 unspecified atom stereocenters. The number of aliphatic hydroxyl groups is 1. The van der Waals surface area contributed by atoms with Gasteiger partial charge in [0.25, 0.3) is 0 Å². The van der Waals surface area contributed by atoms with E-state index in [-0.39, 0.29) is 25.3 Å². The van der Waals surface area contributed by atoms with Crippen LogP contribution in [0.5, 0.6) is 0 Å². The second-order valence-corrected chi connectivity index (χ2v) is 5.78. The highest BCUT2D eigenvalue weighted by Gasteiger charge is 2.23. The summed E-state index contributed by atoms with van der Waals surface area (Å²) in [6.45, 7) is 6.05. The Hall–Kier alpha value is -1.39. The Morgan fingerprint density at radius 1 is 1.25 bits per heavy atom. The molecule has 0 aliphatic heterocycles. The molecule has 0 spiro atoms. The normalized spacial score (nSPS) is 13.0. The number of carbonyl (C=O) groups is 1. The highest BCUT2D eigenvalue weighted by Crippen LogP contribution is 2.15. The molecule has 1 aromatic rings.